The van der Waals surface area contributed by atoms with Crippen molar-refractivity contribution in [3.8, 4) is 11.6 Å². The van der Waals surface area contributed by atoms with E-state index >= 15 is 0 Å². The van der Waals surface area contributed by atoms with Crippen LogP contribution in [0.2, 0.25) is 5.02 Å². The van der Waals surface area contributed by atoms with Crippen molar-refractivity contribution in [2.45, 2.75) is 50.1 Å². The van der Waals surface area contributed by atoms with Gasteiger partial charge in [0.2, 0.25) is 5.88 Å². The molecule has 2 aromatic heterocycles. The molecule has 1 aliphatic heterocycles. The zero-order chi connectivity index (χ0) is 26.6. The largest absolute Gasteiger partial charge is 0.493 e. The van der Waals surface area contributed by atoms with Crippen molar-refractivity contribution in [1.82, 2.24) is 24.3 Å². The number of benzene rings is 2. The van der Waals surface area contributed by atoms with Crippen LogP contribution in [0.3, 0.4) is 0 Å². The summed E-state index contributed by atoms with van der Waals surface area (Å²) in [6.07, 6.45) is 6.51. The topological polar surface area (TPSA) is 95.3 Å². The van der Waals surface area contributed by atoms with Gasteiger partial charge in [0.25, 0.3) is 5.91 Å². The van der Waals surface area contributed by atoms with Crippen LogP contribution in [0.1, 0.15) is 59.8 Å². The SMILES string of the molecule is CN(C)CCC1(c2ccc(-n3c(O)c4n(c3=O)CCC[C@H]4NC(=O)c3ccc4c(Cl)c[nH]c4c3)cc2)CC1. The van der Waals surface area contributed by atoms with Crippen molar-refractivity contribution in [3.63, 3.8) is 0 Å². The molecule has 2 aromatic carbocycles. The Labute approximate surface area is 225 Å². The van der Waals surface area contributed by atoms with Gasteiger partial charge in [-0.25, -0.2) is 9.36 Å². The first-order valence-corrected chi connectivity index (χ1v) is 13.5. The van der Waals surface area contributed by atoms with Gasteiger partial charge in [-0.2, -0.15) is 0 Å². The van der Waals surface area contributed by atoms with E-state index in [0.717, 1.165) is 30.3 Å². The van der Waals surface area contributed by atoms with E-state index in [4.69, 9.17) is 11.6 Å². The number of rotatable bonds is 7. The summed E-state index contributed by atoms with van der Waals surface area (Å²) in [5, 5.41) is 15.7. The molecule has 2 aliphatic rings. The van der Waals surface area contributed by atoms with E-state index in [1.165, 1.54) is 23.0 Å². The predicted octanol–water partition coefficient (Wildman–Crippen LogP) is 4.73. The summed E-state index contributed by atoms with van der Waals surface area (Å²) in [4.78, 5) is 31.8. The normalized spacial score (nSPS) is 18.1. The van der Waals surface area contributed by atoms with Gasteiger partial charge in [-0.05, 0) is 88.0 Å². The number of aromatic amines is 1. The van der Waals surface area contributed by atoms with E-state index in [2.05, 4.69) is 41.4 Å². The Morgan fingerprint density at radius 3 is 2.68 bits per heavy atom. The van der Waals surface area contributed by atoms with Crippen LogP contribution in [0, 0.1) is 0 Å². The maximum atomic E-state index is 13.4. The van der Waals surface area contributed by atoms with Crippen molar-refractivity contribution in [2.75, 3.05) is 20.6 Å². The Balaban J connectivity index is 1.27. The molecular weight excluding hydrogens is 502 g/mol. The lowest BCUT2D eigenvalue weighted by molar-refractivity contribution is 0.0928. The third kappa shape index (κ3) is 4.22. The quantitative estimate of drug-likeness (QED) is 0.320. The van der Waals surface area contributed by atoms with Crippen LogP contribution in [-0.2, 0) is 12.0 Å². The third-order valence-corrected chi connectivity index (χ3v) is 8.50. The molecule has 6 rings (SSSR count). The minimum atomic E-state index is -0.479. The van der Waals surface area contributed by atoms with Gasteiger partial charge in [0.15, 0.2) is 0 Å². The zero-order valence-electron chi connectivity index (χ0n) is 21.6. The molecule has 1 fully saturated rings. The fourth-order valence-corrected chi connectivity index (χ4v) is 6.00. The molecule has 1 saturated carbocycles. The highest BCUT2D eigenvalue weighted by atomic mass is 35.5. The van der Waals surface area contributed by atoms with E-state index in [-0.39, 0.29) is 22.9 Å². The van der Waals surface area contributed by atoms with Crippen LogP contribution in [0.25, 0.3) is 16.6 Å². The Bertz CT molecular complexity index is 1580. The maximum Gasteiger partial charge on any atom is 0.335 e. The van der Waals surface area contributed by atoms with Crippen molar-refractivity contribution < 1.29 is 9.90 Å². The number of hydrogen-bond donors (Lipinski definition) is 3. The van der Waals surface area contributed by atoms with E-state index in [9.17, 15) is 14.7 Å². The molecule has 0 unspecified atom stereocenters. The number of aromatic nitrogens is 3. The molecule has 1 aliphatic carbocycles. The number of aromatic hydroxyl groups is 1. The Morgan fingerprint density at radius 1 is 1.21 bits per heavy atom. The number of carbonyl (C=O) groups excluding carboxylic acids is 1. The summed E-state index contributed by atoms with van der Waals surface area (Å²) in [7, 11) is 4.19. The van der Waals surface area contributed by atoms with Crippen LogP contribution in [0.5, 0.6) is 5.88 Å². The van der Waals surface area contributed by atoms with Crippen LogP contribution in [-0.4, -0.2) is 50.7 Å². The Kier molecular flexibility index (Phi) is 6.12. The molecular formula is C29H32ClN5O3. The molecule has 3 heterocycles. The molecule has 9 heteroatoms. The fourth-order valence-electron chi connectivity index (χ4n) is 5.78. The van der Waals surface area contributed by atoms with Crippen LogP contribution in [0.4, 0.5) is 0 Å². The van der Waals surface area contributed by atoms with Crippen molar-refractivity contribution in [3.05, 3.63) is 81.0 Å². The van der Waals surface area contributed by atoms with E-state index in [0.29, 0.717) is 34.9 Å². The van der Waals surface area contributed by atoms with Crippen molar-refractivity contribution in [2.24, 2.45) is 0 Å². The number of carbonyl (C=O) groups is 1. The summed E-state index contributed by atoms with van der Waals surface area (Å²) in [6, 6.07) is 12.8. The van der Waals surface area contributed by atoms with Gasteiger partial charge in [0.1, 0.15) is 5.69 Å². The minimum absolute atomic E-state index is 0.118. The number of imidazole rings is 1. The number of halogens is 1. The Hall–Kier alpha value is -3.49. The molecule has 1 atom stereocenters. The molecule has 4 aromatic rings. The summed E-state index contributed by atoms with van der Waals surface area (Å²) >= 11 is 6.16. The van der Waals surface area contributed by atoms with E-state index in [1.807, 2.05) is 18.2 Å². The van der Waals surface area contributed by atoms with Gasteiger partial charge >= 0.3 is 5.69 Å². The molecule has 8 nitrogen and oxygen atoms in total. The lowest BCUT2D eigenvalue weighted by Gasteiger charge is -2.24. The molecule has 1 amide bonds. The summed E-state index contributed by atoms with van der Waals surface area (Å²) in [5.74, 6) is -0.388. The van der Waals surface area contributed by atoms with E-state index in [1.54, 1.807) is 22.9 Å². The second-order valence-electron chi connectivity index (χ2n) is 10.9. The van der Waals surface area contributed by atoms with Crippen molar-refractivity contribution >= 4 is 28.4 Å². The minimum Gasteiger partial charge on any atom is -0.493 e. The number of nitrogens with one attached hydrogen (secondary N) is 2. The highest BCUT2D eigenvalue weighted by Crippen LogP contribution is 2.51. The monoisotopic (exact) mass is 533 g/mol. The van der Waals surface area contributed by atoms with Gasteiger partial charge in [0, 0.05) is 29.2 Å². The first kappa shape index (κ1) is 24.8. The number of H-pyrrole nitrogens is 1. The molecule has 3 N–H and O–H groups in total. The average molecular weight is 534 g/mol. The maximum absolute atomic E-state index is 13.4. The van der Waals surface area contributed by atoms with Gasteiger partial charge in [-0.15, -0.1) is 0 Å². The predicted molar refractivity (Wildman–Crippen MR) is 149 cm³/mol. The van der Waals surface area contributed by atoms with Crippen LogP contribution >= 0.6 is 11.6 Å². The zero-order valence-corrected chi connectivity index (χ0v) is 22.4. The summed E-state index contributed by atoms with van der Waals surface area (Å²) in [6.45, 7) is 1.54. The smallest absolute Gasteiger partial charge is 0.335 e. The number of nitrogens with zero attached hydrogens (tertiary/aromatic N) is 3. The first-order valence-electron chi connectivity index (χ1n) is 13.1. The number of amides is 1. The first-order chi connectivity index (χ1) is 18.3. The summed E-state index contributed by atoms with van der Waals surface area (Å²) < 4.78 is 2.95. The van der Waals surface area contributed by atoms with Crippen LogP contribution in [0.15, 0.2) is 53.5 Å². The summed E-state index contributed by atoms with van der Waals surface area (Å²) in [5.41, 5.74) is 3.54. The molecule has 0 spiro atoms. The van der Waals surface area contributed by atoms with E-state index < -0.39 is 6.04 Å². The average Bonchev–Trinajstić information content (AvgIpc) is 3.56. The van der Waals surface area contributed by atoms with Crippen LogP contribution < -0.4 is 11.0 Å². The highest BCUT2D eigenvalue weighted by molar-refractivity contribution is 6.35. The lowest BCUT2D eigenvalue weighted by Crippen LogP contribution is -2.35. The third-order valence-electron chi connectivity index (χ3n) is 8.19. The van der Waals surface area contributed by atoms with Gasteiger partial charge < -0.3 is 20.3 Å². The molecule has 198 valence electrons. The van der Waals surface area contributed by atoms with Gasteiger partial charge in [-0.1, -0.05) is 29.8 Å². The number of fused-ring (bicyclic) bond motifs is 2. The Morgan fingerprint density at radius 2 is 1.97 bits per heavy atom. The lowest BCUT2D eigenvalue weighted by atomic mass is 9.92. The molecule has 0 saturated heterocycles. The number of hydrogen-bond acceptors (Lipinski definition) is 4. The second-order valence-corrected chi connectivity index (χ2v) is 11.3. The highest BCUT2D eigenvalue weighted by Gasteiger charge is 2.43. The van der Waals surface area contributed by atoms with Gasteiger partial charge in [-0.3, -0.25) is 9.36 Å². The molecule has 0 radical (unpaired) electrons. The molecule has 38 heavy (non-hydrogen) atoms. The van der Waals surface area contributed by atoms with Gasteiger partial charge in [0.05, 0.1) is 16.8 Å². The van der Waals surface area contributed by atoms with Crippen molar-refractivity contribution in [1.29, 1.82) is 0 Å². The standard InChI is InChI=1S/C29H32ClN5O3/c1-33(2)15-13-29(11-12-29)19-6-8-20(9-7-19)35-27(37)25-23(4-3-14-34(25)28(35)38)32-26(36)18-5-10-21-22(30)17-31-24(21)16-18/h5-10,16-17,23,31,37H,3-4,11-15H2,1-2H3,(H,32,36)/t23-/m1/s1. The second kappa shape index (κ2) is 9.36. The fraction of sp³-hybridized carbons (Fsp3) is 0.379. The molecule has 0 bridgehead atoms.